The second kappa shape index (κ2) is 9.45. The van der Waals surface area contributed by atoms with Crippen LogP contribution in [-0.4, -0.2) is 15.8 Å². The lowest BCUT2D eigenvalue weighted by atomic mass is 9.97. The maximum atomic E-state index is 13.2. The van der Waals surface area contributed by atoms with Crippen LogP contribution in [0.2, 0.25) is 0 Å². The van der Waals surface area contributed by atoms with Crippen molar-refractivity contribution < 1.29 is 9.53 Å². The molecule has 3 aromatic carbocycles. The van der Waals surface area contributed by atoms with Crippen molar-refractivity contribution in [3.8, 4) is 16.9 Å². The largest absolute Gasteiger partial charge is 0.488 e. The van der Waals surface area contributed by atoms with E-state index < -0.39 is 0 Å². The Balaban J connectivity index is 1.49. The summed E-state index contributed by atoms with van der Waals surface area (Å²) in [5.74, 6) is 0.597. The predicted octanol–water partition coefficient (Wildman–Crippen LogP) is 6.30. The molecule has 0 amide bonds. The van der Waals surface area contributed by atoms with Crippen molar-refractivity contribution in [2.75, 3.05) is 0 Å². The van der Waals surface area contributed by atoms with E-state index in [0.717, 1.165) is 33.0 Å². The molecule has 0 atom stereocenters. The Morgan fingerprint density at radius 2 is 1.45 bits per heavy atom. The van der Waals surface area contributed by atoms with Gasteiger partial charge in [-0.2, -0.15) is 0 Å². The fourth-order valence-electron chi connectivity index (χ4n) is 3.83. The van der Waals surface area contributed by atoms with E-state index in [-0.39, 0.29) is 5.78 Å². The number of rotatable bonds is 7. The highest BCUT2D eigenvalue weighted by Crippen LogP contribution is 2.31. The first kappa shape index (κ1) is 20.6. The van der Waals surface area contributed by atoms with E-state index in [4.69, 9.17) is 4.74 Å². The molecule has 5 aromatic rings. The average molecular weight is 431 g/mol. The van der Waals surface area contributed by atoms with Gasteiger partial charge in [0.05, 0.1) is 5.56 Å². The van der Waals surface area contributed by atoms with Gasteiger partial charge in [0.1, 0.15) is 12.4 Å². The number of hydrogen-bond acceptors (Lipinski definition) is 4. The lowest BCUT2D eigenvalue weighted by molar-refractivity contribution is 0.0988. The van der Waals surface area contributed by atoms with E-state index >= 15 is 0 Å². The number of benzene rings is 3. The highest BCUT2D eigenvalue weighted by molar-refractivity contribution is 6.00. The fourth-order valence-corrected chi connectivity index (χ4v) is 3.83. The summed E-state index contributed by atoms with van der Waals surface area (Å²) in [5.41, 5.74) is 4.59. The van der Waals surface area contributed by atoms with Crippen molar-refractivity contribution in [1.29, 1.82) is 0 Å². The van der Waals surface area contributed by atoms with Gasteiger partial charge in [0.2, 0.25) is 0 Å². The number of ketones is 1. The van der Waals surface area contributed by atoms with Gasteiger partial charge in [-0.3, -0.25) is 14.8 Å². The highest BCUT2D eigenvalue weighted by Gasteiger charge is 2.15. The molecule has 2 heterocycles. The second-order valence-corrected chi connectivity index (χ2v) is 7.88. The van der Waals surface area contributed by atoms with Crippen LogP contribution >= 0.6 is 0 Å². The number of hydrogen-bond donors (Lipinski definition) is 0. The molecule has 0 spiro atoms. The third-order valence-corrected chi connectivity index (χ3v) is 5.61. The minimum absolute atomic E-state index is 0.0125. The zero-order valence-corrected chi connectivity index (χ0v) is 18.0. The number of carbonyl (C=O) groups is 1. The fraction of sp³-hybridized carbons (Fsp3) is 0.0690. The number of fused-ring (bicyclic) bond motifs is 1. The summed E-state index contributed by atoms with van der Waals surface area (Å²) in [5, 5.41) is 2.21. The topological polar surface area (TPSA) is 52.1 Å². The molecule has 0 saturated carbocycles. The lowest BCUT2D eigenvalue weighted by Gasteiger charge is -2.14. The number of pyridine rings is 2. The van der Waals surface area contributed by atoms with Crippen LogP contribution in [0.25, 0.3) is 21.9 Å². The molecule has 0 N–H and O–H groups in total. The van der Waals surface area contributed by atoms with Crippen LogP contribution in [0.15, 0.2) is 110 Å². The number of Topliss-reactive ketones (excluding diaryl/α,β-unsaturated/α-hetero) is 1. The van der Waals surface area contributed by atoms with Crippen molar-refractivity contribution in [3.63, 3.8) is 0 Å². The first-order valence-corrected chi connectivity index (χ1v) is 10.8. The Morgan fingerprint density at radius 3 is 2.30 bits per heavy atom. The van der Waals surface area contributed by atoms with E-state index in [0.29, 0.717) is 24.3 Å². The van der Waals surface area contributed by atoms with Crippen LogP contribution < -0.4 is 4.74 Å². The van der Waals surface area contributed by atoms with Crippen molar-refractivity contribution in [1.82, 2.24) is 9.97 Å². The van der Waals surface area contributed by atoms with Crippen LogP contribution in [0.3, 0.4) is 0 Å². The Hall–Kier alpha value is -4.31. The predicted molar refractivity (Wildman–Crippen MR) is 130 cm³/mol. The quantitative estimate of drug-likeness (QED) is 0.284. The zero-order valence-electron chi connectivity index (χ0n) is 18.0. The van der Waals surface area contributed by atoms with Crippen LogP contribution in [0.5, 0.6) is 5.75 Å². The molecule has 160 valence electrons. The third-order valence-electron chi connectivity index (χ3n) is 5.61. The summed E-state index contributed by atoms with van der Waals surface area (Å²) < 4.78 is 6.19. The summed E-state index contributed by atoms with van der Waals surface area (Å²) in [6.45, 7) is 0.390. The van der Waals surface area contributed by atoms with Gasteiger partial charge in [-0.1, -0.05) is 48.5 Å². The molecule has 0 aliphatic rings. The van der Waals surface area contributed by atoms with Gasteiger partial charge in [-0.05, 0) is 64.0 Å². The summed E-state index contributed by atoms with van der Waals surface area (Å²) >= 11 is 0. The van der Waals surface area contributed by atoms with E-state index in [1.165, 1.54) is 0 Å². The molecule has 33 heavy (non-hydrogen) atoms. The van der Waals surface area contributed by atoms with Crippen LogP contribution in [0, 0.1) is 0 Å². The summed E-state index contributed by atoms with van der Waals surface area (Å²) in [7, 11) is 0. The highest BCUT2D eigenvalue weighted by atomic mass is 16.5. The molecule has 0 radical (unpaired) electrons. The van der Waals surface area contributed by atoms with Gasteiger partial charge in [-0.15, -0.1) is 0 Å². The molecule has 0 aliphatic heterocycles. The summed E-state index contributed by atoms with van der Waals surface area (Å²) in [4.78, 5) is 21.4. The number of ether oxygens (including phenoxy) is 1. The molecule has 0 aliphatic carbocycles. The SMILES string of the molecule is O=C(Cc1ccncc1)c1ccc(-c2ccc3ccncc3c2)cc1OCc1ccccc1. The van der Waals surface area contributed by atoms with E-state index in [9.17, 15) is 4.79 Å². The number of aromatic nitrogens is 2. The third kappa shape index (κ3) is 4.80. The smallest absolute Gasteiger partial charge is 0.170 e. The molecular formula is C29H22N2O2. The van der Waals surface area contributed by atoms with Gasteiger partial charge >= 0.3 is 0 Å². The Morgan fingerprint density at radius 1 is 0.697 bits per heavy atom. The molecule has 0 fully saturated rings. The van der Waals surface area contributed by atoms with E-state index in [1.54, 1.807) is 18.6 Å². The lowest BCUT2D eigenvalue weighted by Crippen LogP contribution is -2.07. The number of carbonyl (C=O) groups excluding carboxylic acids is 1. The monoisotopic (exact) mass is 430 g/mol. The van der Waals surface area contributed by atoms with E-state index in [2.05, 4.69) is 28.2 Å². The van der Waals surface area contributed by atoms with Crippen LogP contribution in [0.1, 0.15) is 21.5 Å². The minimum atomic E-state index is 0.0125. The minimum Gasteiger partial charge on any atom is -0.488 e. The summed E-state index contributed by atoms with van der Waals surface area (Å²) in [6.07, 6.45) is 7.35. The maximum Gasteiger partial charge on any atom is 0.170 e. The Labute approximate surface area is 192 Å². The Kier molecular flexibility index (Phi) is 5.89. The van der Waals surface area contributed by atoms with Gasteiger partial charge in [-0.25, -0.2) is 0 Å². The zero-order chi connectivity index (χ0) is 22.5. The van der Waals surface area contributed by atoms with Gasteiger partial charge in [0.25, 0.3) is 0 Å². The van der Waals surface area contributed by atoms with Crippen LogP contribution in [-0.2, 0) is 13.0 Å². The van der Waals surface area contributed by atoms with Crippen molar-refractivity contribution in [2.24, 2.45) is 0 Å². The molecule has 4 heteroatoms. The molecule has 4 nitrogen and oxygen atoms in total. The van der Waals surface area contributed by atoms with Crippen molar-refractivity contribution in [2.45, 2.75) is 13.0 Å². The molecular weight excluding hydrogens is 408 g/mol. The first-order chi connectivity index (χ1) is 16.3. The van der Waals surface area contributed by atoms with Gasteiger partial charge in [0, 0.05) is 36.6 Å². The van der Waals surface area contributed by atoms with E-state index in [1.807, 2.05) is 72.9 Å². The standard InChI is InChI=1S/C29H22N2O2/c32-28(16-21-10-13-30-14-11-21)27-9-8-25(18-29(27)33-20-22-4-2-1-3-5-22)24-7-6-23-12-15-31-19-26(23)17-24/h1-15,17-19H,16,20H2. The Bertz CT molecular complexity index is 1400. The first-order valence-electron chi connectivity index (χ1n) is 10.8. The van der Waals surface area contributed by atoms with Crippen molar-refractivity contribution in [3.05, 3.63) is 126 Å². The normalized spacial score (nSPS) is 10.8. The molecule has 0 saturated heterocycles. The maximum absolute atomic E-state index is 13.2. The molecule has 0 unspecified atom stereocenters. The van der Waals surface area contributed by atoms with Gasteiger partial charge in [0.15, 0.2) is 5.78 Å². The van der Waals surface area contributed by atoms with Gasteiger partial charge < -0.3 is 4.74 Å². The molecule has 5 rings (SSSR count). The molecule has 0 bridgehead atoms. The number of nitrogens with zero attached hydrogens (tertiary/aromatic N) is 2. The second-order valence-electron chi connectivity index (χ2n) is 7.88. The van der Waals surface area contributed by atoms with Crippen molar-refractivity contribution >= 4 is 16.6 Å². The average Bonchev–Trinajstić information content (AvgIpc) is 2.88. The molecule has 2 aromatic heterocycles. The summed E-state index contributed by atoms with van der Waals surface area (Å²) in [6, 6.07) is 27.8. The van der Waals surface area contributed by atoms with Crippen LogP contribution in [0.4, 0.5) is 0 Å².